The summed E-state index contributed by atoms with van der Waals surface area (Å²) in [7, 11) is 0. The second-order valence-corrected chi connectivity index (χ2v) is 9.16. The van der Waals surface area contributed by atoms with Crippen LogP contribution in [0.3, 0.4) is 0 Å². The first-order valence-electron chi connectivity index (χ1n) is 8.77. The second-order valence-electron chi connectivity index (χ2n) is 6.35. The number of benzene rings is 1. The highest BCUT2D eigenvalue weighted by Gasteiger charge is 2.16. The summed E-state index contributed by atoms with van der Waals surface area (Å²) in [5, 5.41) is 15.4. The van der Waals surface area contributed by atoms with E-state index in [9.17, 15) is 4.79 Å². The average Bonchev–Trinajstić information content (AvgIpc) is 3.35. The third-order valence-corrected chi connectivity index (χ3v) is 6.28. The van der Waals surface area contributed by atoms with E-state index in [2.05, 4.69) is 43.2 Å². The molecule has 1 aromatic carbocycles. The Morgan fingerprint density at radius 3 is 2.69 bits per heavy atom. The fraction of sp³-hybridized carbons (Fsp3) is 0.200. The number of nitrogens with one attached hydrogen (secondary N) is 1. The van der Waals surface area contributed by atoms with Crippen molar-refractivity contribution in [2.45, 2.75) is 25.5 Å². The van der Waals surface area contributed by atoms with Crippen LogP contribution in [0.15, 0.2) is 68.7 Å². The van der Waals surface area contributed by atoms with E-state index in [1.165, 1.54) is 11.8 Å². The van der Waals surface area contributed by atoms with Crippen LogP contribution >= 0.6 is 39.0 Å². The van der Waals surface area contributed by atoms with Gasteiger partial charge in [-0.25, -0.2) is 5.43 Å². The predicted molar refractivity (Wildman–Crippen MR) is 123 cm³/mol. The lowest BCUT2D eigenvalue weighted by Crippen LogP contribution is -2.21. The third kappa shape index (κ3) is 5.88. The van der Waals surface area contributed by atoms with Gasteiger partial charge in [-0.3, -0.25) is 9.36 Å². The summed E-state index contributed by atoms with van der Waals surface area (Å²) in [6, 6.07) is 11.8. The van der Waals surface area contributed by atoms with Gasteiger partial charge >= 0.3 is 0 Å². The topological polar surface area (TPSA) is 72.2 Å². The molecule has 150 valence electrons. The summed E-state index contributed by atoms with van der Waals surface area (Å²) >= 11 is 6.35. The van der Waals surface area contributed by atoms with E-state index in [0.717, 1.165) is 32.0 Å². The van der Waals surface area contributed by atoms with Crippen molar-refractivity contribution in [3.05, 3.63) is 63.3 Å². The molecule has 0 fully saturated rings. The first-order valence-corrected chi connectivity index (χ1v) is 11.4. The van der Waals surface area contributed by atoms with Crippen molar-refractivity contribution in [2.75, 3.05) is 5.75 Å². The minimum atomic E-state index is -0.194. The molecule has 3 aromatic rings. The first-order chi connectivity index (χ1) is 13.9. The molecule has 0 aliphatic carbocycles. The maximum absolute atomic E-state index is 12.2. The number of hydrogen-bond donors (Lipinski definition) is 1. The van der Waals surface area contributed by atoms with E-state index < -0.39 is 0 Å². The van der Waals surface area contributed by atoms with Gasteiger partial charge in [0, 0.05) is 21.5 Å². The van der Waals surface area contributed by atoms with Crippen molar-refractivity contribution in [2.24, 2.45) is 5.10 Å². The van der Waals surface area contributed by atoms with Crippen molar-refractivity contribution in [3.8, 4) is 11.4 Å². The first kappa shape index (κ1) is 21.5. The molecule has 0 aliphatic heterocycles. The second kappa shape index (κ2) is 10.00. The van der Waals surface area contributed by atoms with Crippen molar-refractivity contribution in [1.82, 2.24) is 20.2 Å². The van der Waals surface area contributed by atoms with Gasteiger partial charge in [0.2, 0.25) is 0 Å². The Labute approximate surface area is 186 Å². The normalized spacial score (nSPS) is 11.5. The average molecular weight is 490 g/mol. The van der Waals surface area contributed by atoms with E-state index in [4.69, 9.17) is 0 Å². The lowest BCUT2D eigenvalue weighted by Gasteiger charge is -2.10. The molecule has 0 aliphatic rings. The molecular weight excluding hydrogens is 470 g/mol. The molecule has 2 heterocycles. The van der Waals surface area contributed by atoms with E-state index >= 15 is 0 Å². The monoisotopic (exact) mass is 489 g/mol. The van der Waals surface area contributed by atoms with Gasteiger partial charge in [0.1, 0.15) is 0 Å². The number of nitrogens with zero attached hydrogens (tertiary/aromatic N) is 4. The van der Waals surface area contributed by atoms with Gasteiger partial charge < -0.3 is 0 Å². The Morgan fingerprint density at radius 2 is 2.03 bits per heavy atom. The molecule has 0 unspecified atom stereocenters. The van der Waals surface area contributed by atoms with Gasteiger partial charge in [-0.1, -0.05) is 58.0 Å². The van der Waals surface area contributed by atoms with Gasteiger partial charge in [-0.15, -0.1) is 21.5 Å². The zero-order valence-electron chi connectivity index (χ0n) is 16.1. The van der Waals surface area contributed by atoms with Crippen molar-refractivity contribution < 1.29 is 4.79 Å². The minimum Gasteiger partial charge on any atom is -0.298 e. The number of rotatable bonds is 8. The van der Waals surface area contributed by atoms with Crippen molar-refractivity contribution >= 4 is 50.6 Å². The summed E-state index contributed by atoms with van der Waals surface area (Å²) in [6.45, 7) is 8.40. The van der Waals surface area contributed by atoms with Crippen LogP contribution in [-0.2, 0) is 11.3 Å². The van der Waals surface area contributed by atoms with Crippen LogP contribution in [0.4, 0.5) is 0 Å². The number of allylic oxidation sites excluding steroid dienone is 1. The van der Waals surface area contributed by atoms with Crippen LogP contribution in [0.2, 0.25) is 0 Å². The molecule has 0 saturated carbocycles. The number of thioether (sulfide) groups is 1. The van der Waals surface area contributed by atoms with Crippen LogP contribution < -0.4 is 5.43 Å². The molecule has 0 spiro atoms. The van der Waals surface area contributed by atoms with Gasteiger partial charge in [0.15, 0.2) is 11.0 Å². The molecule has 9 heteroatoms. The van der Waals surface area contributed by atoms with Gasteiger partial charge in [-0.2, -0.15) is 5.10 Å². The molecular formula is C20H20BrN5OS2. The summed E-state index contributed by atoms with van der Waals surface area (Å²) in [4.78, 5) is 13.2. The Kier molecular flexibility index (Phi) is 7.40. The molecule has 29 heavy (non-hydrogen) atoms. The SMILES string of the molecule is C=C(C)Cn1c(SCC(=O)N/N=C(/C)c2cccs2)nnc1-c1ccc(Br)cc1. The lowest BCUT2D eigenvalue weighted by atomic mass is 10.2. The minimum absolute atomic E-state index is 0.190. The summed E-state index contributed by atoms with van der Waals surface area (Å²) in [5.41, 5.74) is 5.31. The van der Waals surface area contributed by atoms with Gasteiger partial charge in [0.05, 0.1) is 11.5 Å². The van der Waals surface area contributed by atoms with E-state index in [0.29, 0.717) is 11.7 Å². The highest BCUT2D eigenvalue weighted by Crippen LogP contribution is 2.26. The Hall–Kier alpha value is -2.23. The lowest BCUT2D eigenvalue weighted by molar-refractivity contribution is -0.118. The number of hydrazone groups is 1. The van der Waals surface area contributed by atoms with Crippen LogP contribution in [0.25, 0.3) is 11.4 Å². The number of aromatic nitrogens is 3. The number of carbonyl (C=O) groups is 1. The molecule has 2 aromatic heterocycles. The van der Waals surface area contributed by atoms with E-state index in [1.807, 2.05) is 60.2 Å². The zero-order chi connectivity index (χ0) is 20.8. The Balaban J connectivity index is 1.70. The number of amides is 1. The maximum Gasteiger partial charge on any atom is 0.250 e. The Morgan fingerprint density at radius 1 is 1.28 bits per heavy atom. The molecule has 0 bridgehead atoms. The summed E-state index contributed by atoms with van der Waals surface area (Å²) in [5.74, 6) is 0.742. The summed E-state index contributed by atoms with van der Waals surface area (Å²) < 4.78 is 2.97. The standard InChI is InChI=1S/C20H20BrN5OS2/c1-13(2)11-26-19(15-6-8-16(21)9-7-15)24-25-20(26)29-12-18(27)23-22-14(3)17-5-4-10-28-17/h4-10H,1,11-12H2,2-3H3,(H,23,27)/b22-14-. The van der Waals surface area contributed by atoms with E-state index in [1.54, 1.807) is 11.3 Å². The van der Waals surface area contributed by atoms with Crippen LogP contribution in [0.5, 0.6) is 0 Å². The smallest absolute Gasteiger partial charge is 0.250 e. The van der Waals surface area contributed by atoms with Crippen LogP contribution in [0.1, 0.15) is 18.7 Å². The highest BCUT2D eigenvalue weighted by atomic mass is 79.9. The molecule has 0 atom stereocenters. The fourth-order valence-corrected chi connectivity index (χ4v) is 4.14. The van der Waals surface area contributed by atoms with Crippen LogP contribution in [0, 0.1) is 0 Å². The molecule has 3 rings (SSSR count). The largest absolute Gasteiger partial charge is 0.298 e. The van der Waals surface area contributed by atoms with Gasteiger partial charge in [-0.05, 0) is 37.4 Å². The number of hydrogen-bond acceptors (Lipinski definition) is 6. The van der Waals surface area contributed by atoms with E-state index in [-0.39, 0.29) is 11.7 Å². The Bertz CT molecular complexity index is 1030. The molecule has 1 N–H and O–H groups in total. The molecule has 0 saturated heterocycles. The number of carbonyl (C=O) groups excluding carboxylic acids is 1. The quantitative estimate of drug-likeness (QED) is 0.209. The van der Waals surface area contributed by atoms with Crippen LogP contribution in [-0.4, -0.2) is 32.1 Å². The number of thiophene rings is 1. The van der Waals surface area contributed by atoms with Crippen molar-refractivity contribution in [1.29, 1.82) is 0 Å². The predicted octanol–water partition coefficient (Wildman–Crippen LogP) is 4.98. The summed E-state index contributed by atoms with van der Waals surface area (Å²) in [6.07, 6.45) is 0. The zero-order valence-corrected chi connectivity index (χ0v) is 19.3. The fourth-order valence-electron chi connectivity index (χ4n) is 2.47. The third-order valence-electron chi connectivity index (χ3n) is 3.81. The highest BCUT2D eigenvalue weighted by molar-refractivity contribution is 9.10. The number of halogens is 1. The maximum atomic E-state index is 12.2. The van der Waals surface area contributed by atoms with Gasteiger partial charge in [0.25, 0.3) is 5.91 Å². The van der Waals surface area contributed by atoms with Crippen molar-refractivity contribution in [3.63, 3.8) is 0 Å². The molecule has 1 amide bonds. The molecule has 0 radical (unpaired) electrons. The molecule has 6 nitrogen and oxygen atoms in total.